The molecule has 0 amide bonds. The van der Waals surface area contributed by atoms with E-state index in [1.165, 1.54) is 0 Å². The second-order valence-corrected chi connectivity index (χ2v) is 4.73. The van der Waals surface area contributed by atoms with Crippen LogP contribution in [-0.2, 0) is 6.42 Å². The topological polar surface area (TPSA) is 51.0 Å². The van der Waals surface area contributed by atoms with E-state index >= 15 is 0 Å². The predicted molar refractivity (Wildman–Crippen MR) is 75.7 cm³/mol. The molecular formula is C13H16BrN3O. The van der Waals surface area contributed by atoms with E-state index in [1.54, 1.807) is 0 Å². The fourth-order valence-electron chi connectivity index (χ4n) is 1.88. The van der Waals surface area contributed by atoms with Crippen LogP contribution in [0.3, 0.4) is 0 Å². The van der Waals surface area contributed by atoms with Gasteiger partial charge in [-0.3, -0.25) is 0 Å². The molecule has 2 aromatic heterocycles. The lowest BCUT2D eigenvalue weighted by atomic mass is 10.1. The highest BCUT2D eigenvalue weighted by atomic mass is 79.9. The first-order valence-electron chi connectivity index (χ1n) is 6.02. The molecule has 0 bridgehead atoms. The molecule has 0 spiro atoms. The summed E-state index contributed by atoms with van der Waals surface area (Å²) in [6.45, 7) is 7.00. The Morgan fingerprint density at radius 2 is 2.06 bits per heavy atom. The summed E-state index contributed by atoms with van der Waals surface area (Å²) in [6.07, 6.45) is 0.913. The molecule has 2 rings (SSSR count). The van der Waals surface area contributed by atoms with Crippen molar-refractivity contribution in [3.8, 4) is 11.6 Å². The van der Waals surface area contributed by atoms with Crippen LogP contribution in [0.1, 0.15) is 25.1 Å². The van der Waals surface area contributed by atoms with E-state index in [4.69, 9.17) is 4.42 Å². The number of aromatic nitrogens is 2. The highest BCUT2D eigenvalue weighted by Crippen LogP contribution is 2.25. The molecule has 0 aliphatic rings. The SMILES string of the molecule is CCNc1nc(-c2ccc(Br)o2)nc(C)c1CC. The van der Waals surface area contributed by atoms with Crippen LogP contribution >= 0.6 is 15.9 Å². The monoisotopic (exact) mass is 309 g/mol. The maximum Gasteiger partial charge on any atom is 0.197 e. The fourth-order valence-corrected chi connectivity index (χ4v) is 2.18. The Kier molecular flexibility index (Phi) is 4.01. The number of furan rings is 1. The molecule has 4 nitrogen and oxygen atoms in total. The average molecular weight is 310 g/mol. The Balaban J connectivity index is 2.50. The Bertz CT molecular complexity index is 551. The standard InChI is InChI=1S/C13H16BrN3O/c1-4-9-8(3)16-13(17-12(9)15-5-2)10-6-7-11(14)18-10/h6-7H,4-5H2,1-3H3,(H,15,16,17). The van der Waals surface area contributed by atoms with Crippen LogP contribution in [0.25, 0.3) is 11.6 Å². The molecule has 0 saturated heterocycles. The molecule has 0 fully saturated rings. The summed E-state index contributed by atoms with van der Waals surface area (Å²) in [4.78, 5) is 9.05. The van der Waals surface area contributed by atoms with Gasteiger partial charge in [-0.1, -0.05) is 6.92 Å². The second-order valence-electron chi connectivity index (χ2n) is 3.95. The zero-order chi connectivity index (χ0) is 13.1. The molecular weight excluding hydrogens is 294 g/mol. The number of nitrogens with zero attached hydrogens (tertiary/aromatic N) is 2. The molecule has 2 aromatic rings. The lowest BCUT2D eigenvalue weighted by Crippen LogP contribution is -2.07. The van der Waals surface area contributed by atoms with Crippen molar-refractivity contribution >= 4 is 21.7 Å². The van der Waals surface area contributed by atoms with Gasteiger partial charge in [-0.05, 0) is 48.3 Å². The maximum absolute atomic E-state index is 5.50. The number of hydrogen-bond donors (Lipinski definition) is 1. The van der Waals surface area contributed by atoms with Crippen molar-refractivity contribution in [1.29, 1.82) is 0 Å². The van der Waals surface area contributed by atoms with Gasteiger partial charge in [0, 0.05) is 17.8 Å². The Labute approximate surface area is 115 Å². The van der Waals surface area contributed by atoms with Crippen molar-refractivity contribution in [3.05, 3.63) is 28.1 Å². The first-order chi connectivity index (χ1) is 8.65. The smallest absolute Gasteiger partial charge is 0.197 e. The van der Waals surface area contributed by atoms with Gasteiger partial charge in [0.15, 0.2) is 16.3 Å². The van der Waals surface area contributed by atoms with Gasteiger partial charge in [-0.25, -0.2) is 9.97 Å². The number of aryl methyl sites for hydroxylation is 1. The zero-order valence-corrected chi connectivity index (χ0v) is 12.3. The largest absolute Gasteiger partial charge is 0.446 e. The molecule has 0 radical (unpaired) electrons. The van der Waals surface area contributed by atoms with Crippen molar-refractivity contribution in [3.63, 3.8) is 0 Å². The van der Waals surface area contributed by atoms with E-state index in [-0.39, 0.29) is 0 Å². The predicted octanol–water partition coefficient (Wildman–Crippen LogP) is 3.80. The van der Waals surface area contributed by atoms with Crippen LogP contribution in [0.5, 0.6) is 0 Å². The number of anilines is 1. The van der Waals surface area contributed by atoms with Crippen molar-refractivity contribution in [2.45, 2.75) is 27.2 Å². The highest BCUT2D eigenvalue weighted by molar-refractivity contribution is 9.10. The average Bonchev–Trinajstić information content (AvgIpc) is 2.76. The molecule has 0 aromatic carbocycles. The molecule has 0 unspecified atom stereocenters. The summed E-state index contributed by atoms with van der Waals surface area (Å²) >= 11 is 3.29. The summed E-state index contributed by atoms with van der Waals surface area (Å²) in [5.41, 5.74) is 2.15. The normalized spacial score (nSPS) is 10.7. The zero-order valence-electron chi connectivity index (χ0n) is 10.7. The van der Waals surface area contributed by atoms with Crippen LogP contribution in [0.2, 0.25) is 0 Å². The first-order valence-corrected chi connectivity index (χ1v) is 6.82. The van der Waals surface area contributed by atoms with Gasteiger partial charge < -0.3 is 9.73 Å². The second kappa shape index (κ2) is 5.52. The lowest BCUT2D eigenvalue weighted by molar-refractivity contribution is 0.551. The van der Waals surface area contributed by atoms with Gasteiger partial charge in [0.25, 0.3) is 0 Å². The van der Waals surface area contributed by atoms with Gasteiger partial charge in [-0.2, -0.15) is 0 Å². The minimum atomic E-state index is 0.617. The number of hydrogen-bond acceptors (Lipinski definition) is 4. The van der Waals surface area contributed by atoms with E-state index in [0.29, 0.717) is 16.3 Å². The number of halogens is 1. The first kappa shape index (κ1) is 13.1. The molecule has 0 saturated carbocycles. The van der Waals surface area contributed by atoms with Crippen molar-refractivity contribution in [1.82, 2.24) is 9.97 Å². The van der Waals surface area contributed by atoms with Crippen LogP contribution in [0.15, 0.2) is 21.2 Å². The maximum atomic E-state index is 5.50. The Hall–Kier alpha value is -1.36. The minimum Gasteiger partial charge on any atom is -0.446 e. The van der Waals surface area contributed by atoms with Crippen LogP contribution in [-0.4, -0.2) is 16.5 Å². The molecule has 18 heavy (non-hydrogen) atoms. The quantitative estimate of drug-likeness (QED) is 0.933. The van der Waals surface area contributed by atoms with E-state index < -0.39 is 0 Å². The van der Waals surface area contributed by atoms with Crippen molar-refractivity contribution in [2.75, 3.05) is 11.9 Å². The van der Waals surface area contributed by atoms with E-state index in [9.17, 15) is 0 Å². The van der Waals surface area contributed by atoms with Crippen LogP contribution in [0.4, 0.5) is 5.82 Å². The number of nitrogens with one attached hydrogen (secondary N) is 1. The summed E-state index contributed by atoms with van der Waals surface area (Å²) in [5, 5.41) is 3.28. The minimum absolute atomic E-state index is 0.617. The van der Waals surface area contributed by atoms with Crippen molar-refractivity contribution < 1.29 is 4.42 Å². The summed E-state index contributed by atoms with van der Waals surface area (Å²) in [6, 6.07) is 3.70. The van der Waals surface area contributed by atoms with E-state index in [2.05, 4.69) is 45.1 Å². The van der Waals surface area contributed by atoms with Gasteiger partial charge in [0.1, 0.15) is 5.82 Å². The van der Waals surface area contributed by atoms with Crippen LogP contribution < -0.4 is 5.32 Å². The third kappa shape index (κ3) is 2.56. The molecule has 1 N–H and O–H groups in total. The molecule has 0 aliphatic carbocycles. The van der Waals surface area contributed by atoms with Gasteiger partial charge >= 0.3 is 0 Å². The highest BCUT2D eigenvalue weighted by Gasteiger charge is 2.13. The Morgan fingerprint density at radius 1 is 1.28 bits per heavy atom. The van der Waals surface area contributed by atoms with Gasteiger partial charge in [0.2, 0.25) is 0 Å². The van der Waals surface area contributed by atoms with Crippen LogP contribution in [0, 0.1) is 6.92 Å². The summed E-state index contributed by atoms with van der Waals surface area (Å²) < 4.78 is 6.18. The van der Waals surface area contributed by atoms with Gasteiger partial charge in [-0.15, -0.1) is 0 Å². The third-order valence-corrected chi connectivity index (χ3v) is 3.13. The molecule has 2 heterocycles. The molecule has 5 heteroatoms. The van der Waals surface area contributed by atoms with E-state index in [0.717, 1.165) is 30.0 Å². The van der Waals surface area contributed by atoms with Crippen molar-refractivity contribution in [2.24, 2.45) is 0 Å². The lowest BCUT2D eigenvalue weighted by Gasteiger charge is -2.11. The van der Waals surface area contributed by atoms with E-state index in [1.807, 2.05) is 19.1 Å². The molecule has 96 valence electrons. The number of rotatable bonds is 4. The third-order valence-electron chi connectivity index (χ3n) is 2.71. The molecule has 0 atom stereocenters. The Morgan fingerprint density at radius 3 is 2.61 bits per heavy atom. The summed E-state index contributed by atoms with van der Waals surface area (Å²) in [5.74, 6) is 2.19. The molecule has 0 aliphatic heterocycles. The summed E-state index contributed by atoms with van der Waals surface area (Å²) in [7, 11) is 0. The fraction of sp³-hybridized carbons (Fsp3) is 0.385. The van der Waals surface area contributed by atoms with Gasteiger partial charge in [0.05, 0.1) is 0 Å².